The van der Waals surface area contributed by atoms with Crippen LogP contribution in [0.25, 0.3) is 17.1 Å². The number of aryl methyl sites for hydroxylation is 1. The molecule has 0 bridgehead atoms. The van der Waals surface area contributed by atoms with Crippen LogP contribution in [-0.2, 0) is 22.7 Å². The average Bonchev–Trinajstić information content (AvgIpc) is 3.45. The van der Waals surface area contributed by atoms with Gasteiger partial charge in [-0.15, -0.1) is 0 Å². The monoisotopic (exact) mass is 650 g/mol. The van der Waals surface area contributed by atoms with Crippen molar-refractivity contribution in [2.45, 2.75) is 39.3 Å². The van der Waals surface area contributed by atoms with Crippen molar-refractivity contribution < 1.29 is 29.3 Å². The standard InChI is InChI=1S/C34H40N4O2.C4H4O4/c1-2-3-26-40-30-17-15-29(16-18-30)33(39)19-21-38-32-14-8-7-13-31(32)35-34(38)27-37-24-22-36(23-25-37)20-9-12-28-10-5-4-6-11-28;5-3(6)1-2-4(7)8/h4-18H,2-3,19-27H2,1H3;1-2H,(H,5,6)(H,7,8)/p-2. The molecular weight excluding hydrogens is 608 g/mol. The van der Waals surface area contributed by atoms with Gasteiger partial charge in [0.2, 0.25) is 0 Å². The maximum Gasteiger partial charge on any atom is 0.164 e. The fraction of sp³-hybridized carbons (Fsp3) is 0.316. The topological polar surface area (TPSA) is 131 Å². The second-order valence-corrected chi connectivity index (χ2v) is 11.4. The lowest BCUT2D eigenvalue weighted by Crippen LogP contribution is -2.46. The molecule has 0 spiro atoms. The molecule has 2 heterocycles. The zero-order valence-corrected chi connectivity index (χ0v) is 27.3. The Morgan fingerprint density at radius 1 is 0.833 bits per heavy atom. The zero-order valence-electron chi connectivity index (χ0n) is 27.3. The zero-order chi connectivity index (χ0) is 34.1. The molecule has 4 aromatic rings. The van der Waals surface area contributed by atoms with E-state index < -0.39 is 11.9 Å². The number of unbranched alkanes of at least 4 members (excludes halogenated alkanes) is 1. The number of carboxylic acid groups (broad SMARTS) is 2. The summed E-state index contributed by atoms with van der Waals surface area (Å²) < 4.78 is 7.99. The average molecular weight is 651 g/mol. The molecule has 1 aliphatic heterocycles. The van der Waals surface area contributed by atoms with Crippen molar-refractivity contribution in [1.29, 1.82) is 0 Å². The van der Waals surface area contributed by atoms with Crippen LogP contribution >= 0.6 is 0 Å². The predicted octanol–water partition coefficient (Wildman–Crippen LogP) is 3.36. The first-order valence-corrected chi connectivity index (χ1v) is 16.3. The van der Waals surface area contributed by atoms with Crippen LogP contribution in [-0.4, -0.2) is 76.4 Å². The molecule has 0 unspecified atom stereocenters. The highest BCUT2D eigenvalue weighted by Crippen LogP contribution is 2.20. The van der Waals surface area contributed by atoms with E-state index in [1.165, 1.54) is 5.56 Å². The number of hydrogen-bond acceptors (Lipinski definition) is 9. The molecule has 252 valence electrons. The highest BCUT2D eigenvalue weighted by molar-refractivity contribution is 5.96. The first-order valence-electron chi connectivity index (χ1n) is 16.3. The molecule has 5 rings (SSSR count). The smallest absolute Gasteiger partial charge is 0.164 e. The summed E-state index contributed by atoms with van der Waals surface area (Å²) >= 11 is 0. The van der Waals surface area contributed by atoms with Crippen molar-refractivity contribution in [1.82, 2.24) is 19.4 Å². The third kappa shape index (κ3) is 11.6. The summed E-state index contributed by atoms with van der Waals surface area (Å²) in [6.07, 6.45) is 7.80. The molecule has 0 aliphatic carbocycles. The van der Waals surface area contributed by atoms with E-state index >= 15 is 0 Å². The van der Waals surface area contributed by atoms with Crippen LogP contribution in [0, 0.1) is 0 Å². The van der Waals surface area contributed by atoms with Gasteiger partial charge in [0.15, 0.2) is 5.78 Å². The summed E-state index contributed by atoms with van der Waals surface area (Å²) in [6, 6.07) is 26.3. The Balaban J connectivity index is 0.000000579. The number of Topliss-reactive ketones (excluding diaryl/α,β-unsaturated/α-hetero) is 1. The van der Waals surface area contributed by atoms with E-state index in [0.29, 0.717) is 31.7 Å². The Hall–Kier alpha value is -5.06. The number of para-hydroxylation sites is 2. The van der Waals surface area contributed by atoms with Crippen molar-refractivity contribution in [2.75, 3.05) is 39.3 Å². The molecule has 3 aromatic carbocycles. The van der Waals surface area contributed by atoms with Gasteiger partial charge in [-0.2, -0.15) is 0 Å². The van der Waals surface area contributed by atoms with Crippen LogP contribution in [0.1, 0.15) is 47.9 Å². The molecule has 1 saturated heterocycles. The second kappa shape index (κ2) is 18.9. The SMILES string of the molecule is CCCCOc1ccc(C(=O)CCn2c(CN3CCN(CC=Cc4ccccc4)CC3)nc3ccccc32)cc1.O=C([O-])C=CC(=O)[O-]. The van der Waals surface area contributed by atoms with Gasteiger partial charge in [-0.3, -0.25) is 14.6 Å². The molecule has 0 atom stereocenters. The van der Waals surface area contributed by atoms with Gasteiger partial charge in [0.05, 0.1) is 36.1 Å². The van der Waals surface area contributed by atoms with Crippen molar-refractivity contribution in [3.05, 3.63) is 114 Å². The van der Waals surface area contributed by atoms with Gasteiger partial charge in [-0.25, -0.2) is 4.98 Å². The molecular formula is C38H42N4O6-2. The van der Waals surface area contributed by atoms with Crippen LogP contribution in [0.2, 0.25) is 0 Å². The van der Waals surface area contributed by atoms with Crippen molar-refractivity contribution >= 4 is 34.8 Å². The van der Waals surface area contributed by atoms with Crippen molar-refractivity contribution in [3.63, 3.8) is 0 Å². The van der Waals surface area contributed by atoms with Gasteiger partial charge < -0.3 is 29.1 Å². The van der Waals surface area contributed by atoms with Crippen LogP contribution in [0.3, 0.4) is 0 Å². The number of carboxylic acids is 2. The number of aliphatic carboxylic acids is 2. The highest BCUT2D eigenvalue weighted by Gasteiger charge is 2.20. The number of piperazine rings is 1. The Bertz CT molecular complexity index is 1660. The first-order chi connectivity index (χ1) is 23.3. The van der Waals surface area contributed by atoms with Crippen LogP contribution in [0.4, 0.5) is 0 Å². The van der Waals surface area contributed by atoms with E-state index in [9.17, 15) is 24.6 Å². The maximum absolute atomic E-state index is 13.1. The lowest BCUT2D eigenvalue weighted by molar-refractivity contribution is -0.301. The number of ether oxygens (including phenoxy) is 1. The fourth-order valence-electron chi connectivity index (χ4n) is 5.29. The molecule has 1 fully saturated rings. The number of imidazole rings is 1. The van der Waals surface area contributed by atoms with Crippen molar-refractivity contribution in [2.24, 2.45) is 0 Å². The molecule has 1 aromatic heterocycles. The minimum Gasteiger partial charge on any atom is -0.545 e. The number of nitrogens with zero attached hydrogens (tertiary/aromatic N) is 4. The Kier molecular flexibility index (Phi) is 14.1. The summed E-state index contributed by atoms with van der Waals surface area (Å²) in [7, 11) is 0. The van der Waals surface area contributed by atoms with E-state index in [4.69, 9.17) is 9.72 Å². The van der Waals surface area contributed by atoms with Gasteiger partial charge in [0.1, 0.15) is 11.6 Å². The number of carbonyl (C=O) groups excluding carboxylic acids is 3. The number of rotatable bonds is 15. The minimum atomic E-state index is -1.55. The number of hydrogen-bond donors (Lipinski definition) is 0. The third-order valence-corrected chi connectivity index (χ3v) is 7.90. The van der Waals surface area contributed by atoms with E-state index in [1.54, 1.807) is 0 Å². The van der Waals surface area contributed by atoms with Crippen molar-refractivity contribution in [3.8, 4) is 5.75 Å². The second-order valence-electron chi connectivity index (χ2n) is 11.4. The molecule has 10 nitrogen and oxygen atoms in total. The number of aromatic nitrogens is 2. The molecule has 0 radical (unpaired) electrons. The summed E-state index contributed by atoms with van der Waals surface area (Å²) in [6.45, 7) is 9.32. The minimum absolute atomic E-state index is 0.140. The Morgan fingerprint density at radius 2 is 1.48 bits per heavy atom. The summed E-state index contributed by atoms with van der Waals surface area (Å²) in [5.41, 5.74) is 4.05. The van der Waals surface area contributed by atoms with Gasteiger partial charge in [-0.1, -0.05) is 68.0 Å². The first kappa shape index (κ1) is 35.8. The van der Waals surface area contributed by atoms with Gasteiger partial charge >= 0.3 is 0 Å². The van der Waals surface area contributed by atoms with Crippen LogP contribution in [0.15, 0.2) is 97.1 Å². The molecule has 1 aliphatic rings. The molecule has 0 saturated carbocycles. The van der Waals surface area contributed by atoms with Crippen LogP contribution in [0.5, 0.6) is 5.75 Å². The highest BCUT2D eigenvalue weighted by atomic mass is 16.5. The normalized spacial score (nSPS) is 13.9. The Morgan fingerprint density at radius 3 is 2.15 bits per heavy atom. The Labute approximate surface area is 281 Å². The van der Waals surface area contributed by atoms with Gasteiger partial charge in [0.25, 0.3) is 0 Å². The lowest BCUT2D eigenvalue weighted by atomic mass is 10.1. The lowest BCUT2D eigenvalue weighted by Gasteiger charge is -2.34. The van der Waals surface area contributed by atoms with Gasteiger partial charge in [0, 0.05) is 51.3 Å². The molecule has 0 amide bonds. The van der Waals surface area contributed by atoms with E-state index in [-0.39, 0.29) is 5.78 Å². The fourth-order valence-corrected chi connectivity index (χ4v) is 5.29. The number of benzene rings is 3. The van der Waals surface area contributed by atoms with E-state index in [0.717, 1.165) is 80.3 Å². The largest absolute Gasteiger partial charge is 0.545 e. The molecule has 0 N–H and O–H groups in total. The number of fused-ring (bicyclic) bond motifs is 1. The summed E-state index contributed by atoms with van der Waals surface area (Å²) in [5.74, 6) is -1.10. The summed E-state index contributed by atoms with van der Waals surface area (Å²) in [4.78, 5) is 41.8. The van der Waals surface area contributed by atoms with Crippen LogP contribution < -0.4 is 14.9 Å². The van der Waals surface area contributed by atoms with E-state index in [2.05, 4.69) is 69.8 Å². The maximum atomic E-state index is 13.1. The molecule has 10 heteroatoms. The summed E-state index contributed by atoms with van der Waals surface area (Å²) in [5, 5.41) is 18.8. The quantitative estimate of drug-likeness (QED) is 0.108. The van der Waals surface area contributed by atoms with E-state index in [1.807, 2.05) is 42.5 Å². The molecule has 48 heavy (non-hydrogen) atoms. The van der Waals surface area contributed by atoms with Gasteiger partial charge in [-0.05, 0) is 60.5 Å². The number of carbonyl (C=O) groups is 3. The third-order valence-electron chi connectivity index (χ3n) is 7.90. The predicted molar refractivity (Wildman–Crippen MR) is 182 cm³/mol. The number of ketones is 1.